The van der Waals surface area contributed by atoms with Crippen LogP contribution in [0.2, 0.25) is 0 Å². The predicted molar refractivity (Wildman–Crippen MR) is 193 cm³/mol. The third-order valence-corrected chi connectivity index (χ3v) is 11.0. The number of carbonyl (C=O) groups is 2. The van der Waals surface area contributed by atoms with E-state index in [1.807, 2.05) is 60.7 Å². The Morgan fingerprint density at radius 3 is 2.17 bits per heavy atom. The molecule has 48 heavy (non-hydrogen) atoms. The largest absolute Gasteiger partial charge is 0.324 e. The van der Waals surface area contributed by atoms with E-state index in [0.717, 1.165) is 49.5 Å². The van der Waals surface area contributed by atoms with E-state index in [1.54, 1.807) is 0 Å². The minimum absolute atomic E-state index is 0.0178. The van der Waals surface area contributed by atoms with E-state index < -0.39 is 11.0 Å². The number of fused-ring (bicyclic) bond motifs is 5. The number of carbonyl (C=O) groups excluding carboxylic acids is 2. The number of para-hydroxylation sites is 1. The molecule has 234 valence electrons. The summed E-state index contributed by atoms with van der Waals surface area (Å²) in [7, 11) is 2.08. The van der Waals surface area contributed by atoms with Crippen LogP contribution >= 0.6 is 0 Å². The van der Waals surface area contributed by atoms with E-state index in [-0.39, 0.29) is 23.7 Å². The molecule has 0 radical (unpaired) electrons. The highest BCUT2D eigenvalue weighted by Gasteiger charge is 2.75. The topological polar surface area (TPSA) is 61.4 Å². The Hall–Kier alpha value is -5.36. The van der Waals surface area contributed by atoms with Gasteiger partial charge in [-0.15, -0.1) is 0 Å². The fourth-order valence-electron chi connectivity index (χ4n) is 9.12. The first-order valence-corrected chi connectivity index (χ1v) is 16.6. The first-order chi connectivity index (χ1) is 23.5. The zero-order chi connectivity index (χ0) is 32.5. The van der Waals surface area contributed by atoms with Crippen molar-refractivity contribution in [3.63, 3.8) is 0 Å². The minimum atomic E-state index is -1.32. The van der Waals surface area contributed by atoms with Gasteiger partial charge in [0.15, 0.2) is 5.78 Å². The maximum Gasteiger partial charge on any atom is 0.250 e. The molecule has 5 heteroatoms. The quantitative estimate of drug-likeness (QED) is 0.197. The molecular formula is C43H35N3O2. The van der Waals surface area contributed by atoms with Crippen molar-refractivity contribution in [1.82, 2.24) is 10.2 Å². The number of hydrogen-bond acceptors (Lipinski definition) is 4. The highest BCUT2D eigenvalue weighted by molar-refractivity contribution is 6.16. The van der Waals surface area contributed by atoms with Crippen LogP contribution in [0, 0.1) is 5.41 Å². The Labute approximate surface area is 279 Å². The molecule has 2 spiro atoms. The number of nitrogens with one attached hydrogen (secondary N) is 2. The number of piperidine rings is 1. The molecule has 2 N–H and O–H groups in total. The molecule has 3 aliphatic heterocycles. The number of benzene rings is 6. The van der Waals surface area contributed by atoms with Crippen molar-refractivity contribution in [2.75, 3.05) is 25.5 Å². The second-order valence-corrected chi connectivity index (χ2v) is 13.5. The fraction of sp³-hybridized carbons (Fsp3) is 0.163. The molecule has 9 rings (SSSR count). The van der Waals surface area contributed by atoms with Gasteiger partial charge in [-0.1, -0.05) is 133 Å². The average molecular weight is 626 g/mol. The average Bonchev–Trinajstić information content (AvgIpc) is 3.58. The summed E-state index contributed by atoms with van der Waals surface area (Å²) in [5.74, 6) is -0.543. The summed E-state index contributed by atoms with van der Waals surface area (Å²) >= 11 is 0. The molecule has 4 atom stereocenters. The Bertz CT molecular complexity index is 2280. The van der Waals surface area contributed by atoms with Gasteiger partial charge in [-0.3, -0.25) is 14.9 Å². The summed E-state index contributed by atoms with van der Waals surface area (Å²) in [5, 5.41) is 11.6. The lowest BCUT2D eigenvalue weighted by Gasteiger charge is -2.49. The van der Waals surface area contributed by atoms with Gasteiger partial charge in [-0.2, -0.15) is 0 Å². The SMILES string of the molecule is CN1C/C(=C\c2cccc3ccccc23)C(=O)[C@]2(C1)[C@@H](c1cccc3ccccc13)[C@H](c1ccccc1)N[C@@]21C(=O)Nc2ccccc21. The van der Waals surface area contributed by atoms with Crippen LogP contribution in [-0.4, -0.2) is 36.7 Å². The van der Waals surface area contributed by atoms with Crippen LogP contribution in [0.25, 0.3) is 27.6 Å². The predicted octanol–water partition coefficient (Wildman–Crippen LogP) is 7.85. The highest BCUT2D eigenvalue weighted by Crippen LogP contribution is 2.66. The second kappa shape index (κ2) is 10.8. The van der Waals surface area contributed by atoms with Crippen molar-refractivity contribution in [3.8, 4) is 0 Å². The Kier molecular flexibility index (Phi) is 6.51. The van der Waals surface area contributed by atoms with Gasteiger partial charge in [0, 0.05) is 41.9 Å². The number of ketones is 1. The molecule has 0 unspecified atom stereocenters. The number of likely N-dealkylation sites (tertiary alicyclic amines) is 1. The lowest BCUT2D eigenvalue weighted by Crippen LogP contribution is -2.65. The number of amides is 1. The number of Topliss-reactive ketones (excluding diaryl/α,β-unsaturated/α-hetero) is 1. The van der Waals surface area contributed by atoms with E-state index in [1.165, 1.54) is 0 Å². The van der Waals surface area contributed by atoms with Crippen molar-refractivity contribution in [1.29, 1.82) is 0 Å². The molecule has 2 saturated heterocycles. The van der Waals surface area contributed by atoms with Gasteiger partial charge in [0.2, 0.25) is 0 Å². The van der Waals surface area contributed by atoms with Crippen molar-refractivity contribution < 1.29 is 9.59 Å². The van der Waals surface area contributed by atoms with Crippen molar-refractivity contribution in [2.24, 2.45) is 5.41 Å². The molecule has 0 saturated carbocycles. The summed E-state index contributed by atoms with van der Waals surface area (Å²) in [5.41, 5.74) is 2.87. The van der Waals surface area contributed by atoms with Crippen molar-refractivity contribution in [2.45, 2.75) is 17.5 Å². The number of rotatable bonds is 3. The molecule has 5 nitrogen and oxygen atoms in total. The van der Waals surface area contributed by atoms with Crippen LogP contribution in [0.15, 0.2) is 145 Å². The summed E-state index contributed by atoms with van der Waals surface area (Å²) in [6.45, 7) is 0.895. The Morgan fingerprint density at radius 1 is 0.708 bits per heavy atom. The van der Waals surface area contributed by atoms with E-state index in [0.29, 0.717) is 18.7 Å². The van der Waals surface area contributed by atoms with Gasteiger partial charge in [0.25, 0.3) is 5.91 Å². The number of hydrogen-bond donors (Lipinski definition) is 2. The molecule has 6 aromatic carbocycles. The zero-order valence-corrected chi connectivity index (χ0v) is 26.7. The molecule has 6 aromatic rings. The molecule has 0 aromatic heterocycles. The molecule has 1 amide bonds. The molecule has 0 bridgehead atoms. The van der Waals surface area contributed by atoms with Gasteiger partial charge >= 0.3 is 0 Å². The van der Waals surface area contributed by atoms with Gasteiger partial charge in [0.1, 0.15) is 5.54 Å². The van der Waals surface area contributed by atoms with Crippen LogP contribution in [0.3, 0.4) is 0 Å². The monoisotopic (exact) mass is 625 g/mol. The normalized spacial score (nSPS) is 26.1. The van der Waals surface area contributed by atoms with Gasteiger partial charge in [0.05, 0.1) is 5.41 Å². The Morgan fingerprint density at radius 2 is 1.35 bits per heavy atom. The number of nitrogens with zero attached hydrogens (tertiary/aromatic N) is 1. The second-order valence-electron chi connectivity index (χ2n) is 13.5. The summed E-state index contributed by atoms with van der Waals surface area (Å²) in [6, 6.07) is 47.2. The van der Waals surface area contributed by atoms with Crippen LogP contribution in [0.5, 0.6) is 0 Å². The third-order valence-electron chi connectivity index (χ3n) is 11.0. The van der Waals surface area contributed by atoms with E-state index in [9.17, 15) is 4.79 Å². The van der Waals surface area contributed by atoms with Gasteiger partial charge in [-0.05, 0) is 57.4 Å². The minimum Gasteiger partial charge on any atom is -0.324 e. The molecule has 3 heterocycles. The highest BCUT2D eigenvalue weighted by atomic mass is 16.2. The maximum atomic E-state index is 15.9. The van der Waals surface area contributed by atoms with Gasteiger partial charge in [-0.25, -0.2) is 0 Å². The third kappa shape index (κ3) is 3.98. The number of likely N-dealkylation sites (N-methyl/N-ethyl adjacent to an activating group) is 1. The molecule has 3 aliphatic rings. The van der Waals surface area contributed by atoms with E-state index >= 15 is 4.79 Å². The van der Waals surface area contributed by atoms with Crippen molar-refractivity contribution >= 4 is 45.0 Å². The summed E-state index contributed by atoms with van der Waals surface area (Å²) in [6.07, 6.45) is 2.07. The maximum absolute atomic E-state index is 15.9. The van der Waals surface area contributed by atoms with Crippen LogP contribution in [0.1, 0.15) is 34.2 Å². The molecule has 0 aliphatic carbocycles. The van der Waals surface area contributed by atoms with Crippen LogP contribution < -0.4 is 10.6 Å². The first-order valence-electron chi connectivity index (χ1n) is 16.6. The van der Waals surface area contributed by atoms with Crippen LogP contribution in [0.4, 0.5) is 5.69 Å². The smallest absolute Gasteiger partial charge is 0.250 e. The molecule has 2 fully saturated rings. The summed E-state index contributed by atoms with van der Waals surface area (Å²) < 4.78 is 0. The van der Waals surface area contributed by atoms with Crippen molar-refractivity contribution in [3.05, 3.63) is 167 Å². The standard InChI is InChI=1S/C43H35N3O2/c1-46-26-32(25-31-19-11-17-28-13-5-7-20-33(28)31)40(47)42(27-46)38(35-22-12-18-29-14-6-8-21-34(29)35)39(30-15-3-2-4-16-30)45-43(42)36-23-9-10-24-37(36)44-41(43)48/h2-25,38-39,45H,26-27H2,1H3,(H,44,48)/b32-25+/t38-,39-,42-,43-/m0/s1. The molecular weight excluding hydrogens is 590 g/mol. The Balaban J connectivity index is 1.37. The van der Waals surface area contributed by atoms with Gasteiger partial charge < -0.3 is 10.2 Å². The zero-order valence-electron chi connectivity index (χ0n) is 26.7. The first kappa shape index (κ1) is 28.8. The van der Waals surface area contributed by atoms with E-state index in [4.69, 9.17) is 0 Å². The lowest BCUT2D eigenvalue weighted by molar-refractivity contribution is -0.141. The number of anilines is 1. The summed E-state index contributed by atoms with van der Waals surface area (Å²) in [4.78, 5) is 33.0. The van der Waals surface area contributed by atoms with Crippen LogP contribution in [-0.2, 0) is 15.1 Å². The lowest BCUT2D eigenvalue weighted by atomic mass is 9.55. The fourth-order valence-corrected chi connectivity index (χ4v) is 9.12. The van der Waals surface area contributed by atoms with E-state index in [2.05, 4.69) is 108 Å².